The quantitative estimate of drug-likeness (QED) is 0.757. The molecule has 3 rings (SSSR count). The van der Waals surface area contributed by atoms with Gasteiger partial charge in [0.25, 0.3) is 0 Å². The van der Waals surface area contributed by atoms with Gasteiger partial charge in [0.2, 0.25) is 5.91 Å². The molecule has 1 N–H and O–H groups in total. The molecule has 1 aromatic heterocycles. The minimum absolute atomic E-state index is 0.110. The lowest BCUT2D eigenvalue weighted by Crippen LogP contribution is -2.42. The predicted octanol–water partition coefficient (Wildman–Crippen LogP) is 2.64. The molecule has 0 saturated carbocycles. The average Bonchev–Trinajstić information content (AvgIpc) is 3.19. The van der Waals surface area contributed by atoms with Crippen molar-refractivity contribution in [1.29, 1.82) is 0 Å². The molecular formula is C21H28N2O4. The first kappa shape index (κ1) is 19.4. The maximum absolute atomic E-state index is 12.8. The number of carbonyl (C=O) groups excluding carboxylic acids is 1. The molecule has 27 heavy (non-hydrogen) atoms. The number of ether oxygens (including phenoxy) is 1. The van der Waals surface area contributed by atoms with E-state index in [1.165, 1.54) is 0 Å². The Kier molecular flexibility index (Phi) is 6.16. The van der Waals surface area contributed by atoms with Gasteiger partial charge in [0.15, 0.2) is 0 Å². The third kappa shape index (κ3) is 4.16. The molecule has 1 unspecified atom stereocenters. The van der Waals surface area contributed by atoms with E-state index in [4.69, 9.17) is 9.15 Å². The van der Waals surface area contributed by atoms with E-state index in [1.54, 1.807) is 13.2 Å². The van der Waals surface area contributed by atoms with Gasteiger partial charge < -0.3 is 19.4 Å². The zero-order valence-electron chi connectivity index (χ0n) is 16.3. The van der Waals surface area contributed by atoms with Crippen LogP contribution in [0.5, 0.6) is 5.75 Å². The summed E-state index contributed by atoms with van der Waals surface area (Å²) >= 11 is 0. The van der Waals surface area contributed by atoms with Gasteiger partial charge in [0, 0.05) is 42.6 Å². The van der Waals surface area contributed by atoms with Crippen molar-refractivity contribution >= 4 is 16.9 Å². The molecule has 2 aromatic rings. The van der Waals surface area contributed by atoms with Crippen LogP contribution in [0.2, 0.25) is 0 Å². The second-order valence-corrected chi connectivity index (χ2v) is 7.09. The lowest BCUT2D eigenvalue weighted by atomic mass is 10.0. The van der Waals surface area contributed by atoms with Gasteiger partial charge in [0.05, 0.1) is 7.11 Å². The molecule has 0 bridgehead atoms. The number of amides is 1. The first-order valence-electron chi connectivity index (χ1n) is 9.65. The molecule has 6 heteroatoms. The summed E-state index contributed by atoms with van der Waals surface area (Å²) in [6, 6.07) is 5.72. The number of methoxy groups -OCH3 is 1. The van der Waals surface area contributed by atoms with Crippen LogP contribution in [0.15, 0.2) is 27.4 Å². The molecule has 2 heterocycles. The molecule has 0 aliphatic carbocycles. The fraction of sp³-hybridized carbons (Fsp3) is 0.524. The molecule has 1 aliphatic heterocycles. The number of benzene rings is 1. The summed E-state index contributed by atoms with van der Waals surface area (Å²) < 4.78 is 10.7. The second-order valence-electron chi connectivity index (χ2n) is 7.09. The predicted molar refractivity (Wildman–Crippen MR) is 105 cm³/mol. The molecular weight excluding hydrogens is 344 g/mol. The van der Waals surface area contributed by atoms with Gasteiger partial charge in [-0.05, 0) is 50.4 Å². The van der Waals surface area contributed by atoms with Crippen molar-refractivity contribution in [2.24, 2.45) is 0 Å². The van der Waals surface area contributed by atoms with Gasteiger partial charge in [-0.3, -0.25) is 4.79 Å². The number of rotatable bonds is 7. The largest absolute Gasteiger partial charge is 0.497 e. The Morgan fingerprint density at radius 3 is 2.89 bits per heavy atom. The first-order valence-corrected chi connectivity index (χ1v) is 9.65. The van der Waals surface area contributed by atoms with E-state index in [0.717, 1.165) is 43.4 Å². The number of nitrogens with zero attached hydrogens (tertiary/aromatic N) is 1. The topological polar surface area (TPSA) is 71.8 Å². The molecule has 1 atom stereocenters. The molecule has 0 radical (unpaired) electrons. The second kappa shape index (κ2) is 8.57. The van der Waals surface area contributed by atoms with Crippen LogP contribution in [0.25, 0.3) is 11.0 Å². The van der Waals surface area contributed by atoms with E-state index in [-0.39, 0.29) is 17.6 Å². The van der Waals surface area contributed by atoms with Crippen LogP contribution >= 0.6 is 0 Å². The standard InChI is InChI=1S/C21H28N2O4/c1-4-11-23(15-9-10-22-13-15)20(24)8-7-18-14(2)17-6-5-16(26-3)12-19(17)27-21(18)25/h5-6,12,15,22H,4,7-11,13H2,1-3H3. The Hall–Kier alpha value is -2.34. The van der Waals surface area contributed by atoms with E-state index in [9.17, 15) is 9.59 Å². The first-order chi connectivity index (χ1) is 13.0. The van der Waals surface area contributed by atoms with Crippen LogP contribution < -0.4 is 15.7 Å². The summed E-state index contributed by atoms with van der Waals surface area (Å²) in [5.74, 6) is 0.757. The molecule has 0 spiro atoms. The van der Waals surface area contributed by atoms with E-state index in [2.05, 4.69) is 12.2 Å². The zero-order chi connectivity index (χ0) is 19.4. The molecule has 6 nitrogen and oxygen atoms in total. The van der Waals surface area contributed by atoms with Gasteiger partial charge in [-0.25, -0.2) is 4.79 Å². The number of aryl methyl sites for hydroxylation is 1. The van der Waals surface area contributed by atoms with Crippen LogP contribution in [0.4, 0.5) is 0 Å². The lowest BCUT2D eigenvalue weighted by molar-refractivity contribution is -0.133. The highest BCUT2D eigenvalue weighted by atomic mass is 16.5. The molecule has 1 aromatic carbocycles. The molecule has 1 fully saturated rings. The number of hydrogen-bond donors (Lipinski definition) is 1. The van der Waals surface area contributed by atoms with Crippen LogP contribution in [0.3, 0.4) is 0 Å². The Labute approximate surface area is 159 Å². The highest BCUT2D eigenvalue weighted by Gasteiger charge is 2.26. The summed E-state index contributed by atoms with van der Waals surface area (Å²) in [6.07, 6.45) is 2.64. The lowest BCUT2D eigenvalue weighted by Gasteiger charge is -2.28. The van der Waals surface area contributed by atoms with Crippen molar-refractivity contribution in [2.75, 3.05) is 26.7 Å². The van der Waals surface area contributed by atoms with E-state index < -0.39 is 0 Å². The summed E-state index contributed by atoms with van der Waals surface area (Å²) in [7, 11) is 1.58. The fourth-order valence-electron chi connectivity index (χ4n) is 3.82. The Bertz CT molecular complexity index is 868. The Morgan fingerprint density at radius 2 is 2.22 bits per heavy atom. The summed E-state index contributed by atoms with van der Waals surface area (Å²) in [4.78, 5) is 27.3. The maximum atomic E-state index is 12.8. The van der Waals surface area contributed by atoms with Crippen molar-refractivity contribution < 1.29 is 13.9 Å². The minimum Gasteiger partial charge on any atom is -0.497 e. The fourth-order valence-corrected chi connectivity index (χ4v) is 3.82. The third-order valence-corrected chi connectivity index (χ3v) is 5.34. The van der Waals surface area contributed by atoms with Gasteiger partial charge in [0.1, 0.15) is 11.3 Å². The van der Waals surface area contributed by atoms with Crippen molar-refractivity contribution in [3.8, 4) is 5.75 Å². The van der Waals surface area contributed by atoms with Crippen molar-refractivity contribution in [3.63, 3.8) is 0 Å². The number of nitrogens with one attached hydrogen (secondary N) is 1. The van der Waals surface area contributed by atoms with Gasteiger partial charge in [-0.2, -0.15) is 0 Å². The third-order valence-electron chi connectivity index (χ3n) is 5.34. The zero-order valence-corrected chi connectivity index (χ0v) is 16.3. The molecule has 1 amide bonds. The summed E-state index contributed by atoms with van der Waals surface area (Å²) in [6.45, 7) is 6.56. The Morgan fingerprint density at radius 1 is 1.41 bits per heavy atom. The van der Waals surface area contributed by atoms with E-state index in [1.807, 2.05) is 24.0 Å². The highest BCUT2D eigenvalue weighted by Crippen LogP contribution is 2.24. The van der Waals surface area contributed by atoms with Crippen molar-refractivity contribution in [2.45, 2.75) is 45.6 Å². The van der Waals surface area contributed by atoms with Crippen molar-refractivity contribution in [3.05, 3.63) is 39.7 Å². The van der Waals surface area contributed by atoms with Crippen LogP contribution in [-0.4, -0.2) is 43.6 Å². The SMILES string of the molecule is CCCN(C(=O)CCc1c(C)c2ccc(OC)cc2oc1=O)C1CCNC1. The maximum Gasteiger partial charge on any atom is 0.339 e. The highest BCUT2D eigenvalue weighted by molar-refractivity contribution is 5.83. The monoisotopic (exact) mass is 372 g/mol. The number of hydrogen-bond acceptors (Lipinski definition) is 5. The van der Waals surface area contributed by atoms with Gasteiger partial charge in [-0.1, -0.05) is 6.92 Å². The average molecular weight is 372 g/mol. The summed E-state index contributed by atoms with van der Waals surface area (Å²) in [5.41, 5.74) is 1.60. The normalized spacial score (nSPS) is 16.6. The molecule has 1 aliphatic rings. The molecule has 1 saturated heterocycles. The molecule has 146 valence electrons. The smallest absolute Gasteiger partial charge is 0.339 e. The van der Waals surface area contributed by atoms with Gasteiger partial charge in [-0.15, -0.1) is 0 Å². The van der Waals surface area contributed by atoms with Crippen LogP contribution in [0, 0.1) is 6.92 Å². The van der Waals surface area contributed by atoms with Crippen LogP contribution in [0.1, 0.15) is 37.3 Å². The summed E-state index contributed by atoms with van der Waals surface area (Å²) in [5, 5.41) is 4.20. The van der Waals surface area contributed by atoms with E-state index >= 15 is 0 Å². The van der Waals surface area contributed by atoms with Crippen molar-refractivity contribution in [1.82, 2.24) is 10.2 Å². The van der Waals surface area contributed by atoms with Gasteiger partial charge >= 0.3 is 5.63 Å². The van der Waals surface area contributed by atoms with Crippen LogP contribution in [-0.2, 0) is 11.2 Å². The minimum atomic E-state index is -0.370. The Balaban J connectivity index is 1.79. The van der Waals surface area contributed by atoms with E-state index in [0.29, 0.717) is 29.7 Å². The number of carbonyl (C=O) groups is 1. The number of fused-ring (bicyclic) bond motifs is 1.